The zero-order valence-electron chi connectivity index (χ0n) is 18.9. The van der Waals surface area contributed by atoms with Crippen molar-refractivity contribution in [2.45, 2.75) is 20.3 Å². The van der Waals surface area contributed by atoms with Crippen molar-refractivity contribution in [2.75, 3.05) is 25.6 Å². The number of benzene rings is 2. The second kappa shape index (κ2) is 11.9. The number of amides is 1. The molecule has 1 N–H and O–H groups in total. The van der Waals surface area contributed by atoms with Crippen LogP contribution in [0.2, 0.25) is 0 Å². The highest BCUT2D eigenvalue weighted by Crippen LogP contribution is 2.36. The number of hydrogen-bond donors (Lipinski definition) is 1. The molecule has 3 rings (SSSR count). The van der Waals surface area contributed by atoms with Crippen LogP contribution in [0, 0.1) is 0 Å². The van der Waals surface area contributed by atoms with Crippen LogP contribution in [0.15, 0.2) is 60.7 Å². The molecule has 0 fully saturated rings. The number of ether oxygens (including phenoxy) is 3. The summed E-state index contributed by atoms with van der Waals surface area (Å²) < 4.78 is 16.2. The number of nitrogens with one attached hydrogen (secondary N) is 1. The van der Waals surface area contributed by atoms with Crippen molar-refractivity contribution in [3.8, 4) is 21.9 Å². The number of esters is 1. The summed E-state index contributed by atoms with van der Waals surface area (Å²) in [5.74, 6) is 0.434. The van der Waals surface area contributed by atoms with Gasteiger partial charge in [-0.2, -0.15) is 0 Å². The molecule has 0 aliphatic heterocycles. The van der Waals surface area contributed by atoms with Crippen molar-refractivity contribution in [1.82, 2.24) is 0 Å². The summed E-state index contributed by atoms with van der Waals surface area (Å²) in [5.41, 5.74) is 2.08. The van der Waals surface area contributed by atoms with Crippen LogP contribution < -0.4 is 14.8 Å². The molecule has 7 heteroatoms. The minimum atomic E-state index is -0.470. The van der Waals surface area contributed by atoms with Gasteiger partial charge in [-0.3, -0.25) is 4.79 Å². The summed E-state index contributed by atoms with van der Waals surface area (Å²) >= 11 is 1.33. The Bertz CT molecular complexity index is 1120. The predicted octanol–water partition coefficient (Wildman–Crippen LogP) is 6.04. The van der Waals surface area contributed by atoms with E-state index in [0.717, 1.165) is 22.4 Å². The number of hydrogen-bond acceptors (Lipinski definition) is 6. The maximum atomic E-state index is 12.6. The maximum Gasteiger partial charge on any atom is 0.341 e. The number of carbonyl (C=O) groups is 2. The Labute approximate surface area is 197 Å². The summed E-state index contributed by atoms with van der Waals surface area (Å²) in [5, 5.41) is 3.26. The second-order valence-corrected chi connectivity index (χ2v) is 8.07. The largest absolute Gasteiger partial charge is 0.493 e. The summed E-state index contributed by atoms with van der Waals surface area (Å²) in [6.07, 6.45) is 3.99. The molecule has 0 aliphatic carbocycles. The van der Waals surface area contributed by atoms with Crippen molar-refractivity contribution < 1.29 is 23.8 Å². The van der Waals surface area contributed by atoms with Gasteiger partial charge in [-0.25, -0.2) is 4.79 Å². The van der Waals surface area contributed by atoms with Crippen molar-refractivity contribution in [3.05, 3.63) is 71.8 Å². The topological polar surface area (TPSA) is 73.9 Å². The van der Waals surface area contributed by atoms with Gasteiger partial charge in [0.15, 0.2) is 11.5 Å². The van der Waals surface area contributed by atoms with Crippen LogP contribution in [0.25, 0.3) is 16.5 Å². The van der Waals surface area contributed by atoms with E-state index in [4.69, 9.17) is 14.2 Å². The van der Waals surface area contributed by atoms with Crippen LogP contribution in [0.3, 0.4) is 0 Å². The first kappa shape index (κ1) is 24.1. The Morgan fingerprint density at radius 2 is 1.82 bits per heavy atom. The van der Waals surface area contributed by atoms with Crippen LogP contribution in [0.5, 0.6) is 11.5 Å². The molecule has 1 amide bonds. The first-order valence-electron chi connectivity index (χ1n) is 10.7. The molecule has 0 saturated carbocycles. The molecule has 0 atom stereocenters. The molecule has 3 aromatic rings. The average Bonchev–Trinajstić information content (AvgIpc) is 3.26. The van der Waals surface area contributed by atoms with Gasteiger partial charge in [-0.05, 0) is 48.7 Å². The molecule has 6 nitrogen and oxygen atoms in total. The third kappa shape index (κ3) is 6.46. The Morgan fingerprint density at radius 3 is 2.52 bits per heavy atom. The molecule has 0 spiro atoms. The van der Waals surface area contributed by atoms with Gasteiger partial charge in [-0.15, -0.1) is 11.3 Å². The fourth-order valence-corrected chi connectivity index (χ4v) is 4.09. The van der Waals surface area contributed by atoms with Gasteiger partial charge in [0.25, 0.3) is 0 Å². The van der Waals surface area contributed by atoms with Gasteiger partial charge in [-0.1, -0.05) is 43.3 Å². The number of anilines is 1. The minimum absolute atomic E-state index is 0.252. The minimum Gasteiger partial charge on any atom is -0.493 e. The third-order valence-corrected chi connectivity index (χ3v) is 5.70. The number of thiophene rings is 1. The molecule has 0 bridgehead atoms. The monoisotopic (exact) mass is 465 g/mol. The van der Waals surface area contributed by atoms with E-state index >= 15 is 0 Å². The van der Waals surface area contributed by atoms with Crippen LogP contribution in [-0.4, -0.2) is 32.2 Å². The zero-order chi connectivity index (χ0) is 23.6. The van der Waals surface area contributed by atoms with Crippen molar-refractivity contribution in [3.63, 3.8) is 0 Å². The highest BCUT2D eigenvalue weighted by atomic mass is 32.1. The van der Waals surface area contributed by atoms with Crippen molar-refractivity contribution in [1.29, 1.82) is 0 Å². The molecule has 0 radical (unpaired) electrons. The number of carbonyl (C=O) groups excluding carboxylic acids is 2. The highest BCUT2D eigenvalue weighted by Gasteiger charge is 2.19. The van der Waals surface area contributed by atoms with E-state index < -0.39 is 5.97 Å². The van der Waals surface area contributed by atoms with Crippen LogP contribution >= 0.6 is 11.3 Å². The lowest BCUT2D eigenvalue weighted by Gasteiger charge is -2.10. The Hall–Kier alpha value is -3.58. The molecular weight excluding hydrogens is 438 g/mol. The van der Waals surface area contributed by atoms with E-state index in [2.05, 4.69) is 5.32 Å². The average molecular weight is 466 g/mol. The van der Waals surface area contributed by atoms with Crippen LogP contribution in [0.1, 0.15) is 36.2 Å². The van der Waals surface area contributed by atoms with E-state index in [1.807, 2.05) is 49.4 Å². The molecule has 0 saturated heterocycles. The summed E-state index contributed by atoms with van der Waals surface area (Å²) in [7, 11) is 1.58. The van der Waals surface area contributed by atoms with Crippen LogP contribution in [-0.2, 0) is 9.53 Å². The predicted molar refractivity (Wildman–Crippen MR) is 132 cm³/mol. The zero-order valence-corrected chi connectivity index (χ0v) is 19.7. The Balaban J connectivity index is 1.78. The number of rotatable bonds is 10. The summed E-state index contributed by atoms with van der Waals surface area (Å²) in [6.45, 7) is 4.63. The molecular formula is C26H27NO5S. The van der Waals surface area contributed by atoms with E-state index in [9.17, 15) is 9.59 Å². The summed E-state index contributed by atoms with van der Waals surface area (Å²) in [6, 6.07) is 16.9. The van der Waals surface area contributed by atoms with Gasteiger partial charge in [0, 0.05) is 11.0 Å². The quantitative estimate of drug-likeness (QED) is 0.292. The maximum absolute atomic E-state index is 12.6. The van der Waals surface area contributed by atoms with E-state index in [-0.39, 0.29) is 12.5 Å². The van der Waals surface area contributed by atoms with E-state index in [0.29, 0.717) is 28.7 Å². The SMILES string of the molecule is CCCOc1ccc(/C=C/C(=O)Nc2sc(-c3ccccc3)cc2C(=O)OCC)cc1OC. The van der Waals surface area contributed by atoms with E-state index in [1.165, 1.54) is 17.4 Å². The van der Waals surface area contributed by atoms with Gasteiger partial charge >= 0.3 is 5.97 Å². The molecule has 1 heterocycles. The van der Waals surface area contributed by atoms with Crippen LogP contribution in [0.4, 0.5) is 5.00 Å². The molecule has 2 aromatic carbocycles. The Kier molecular flexibility index (Phi) is 8.66. The lowest BCUT2D eigenvalue weighted by Crippen LogP contribution is -2.11. The van der Waals surface area contributed by atoms with Gasteiger partial charge in [0.2, 0.25) is 5.91 Å². The molecule has 0 aliphatic rings. The Morgan fingerprint density at radius 1 is 1.03 bits per heavy atom. The first-order chi connectivity index (χ1) is 16.0. The normalized spacial score (nSPS) is 10.8. The van der Waals surface area contributed by atoms with Gasteiger partial charge in [0.1, 0.15) is 5.00 Å². The van der Waals surface area contributed by atoms with E-state index in [1.54, 1.807) is 32.2 Å². The smallest absolute Gasteiger partial charge is 0.341 e. The first-order valence-corrected chi connectivity index (χ1v) is 11.5. The number of methoxy groups -OCH3 is 1. The fraction of sp³-hybridized carbons (Fsp3) is 0.231. The van der Waals surface area contributed by atoms with Gasteiger partial charge in [0.05, 0.1) is 25.9 Å². The standard InChI is InChI=1S/C26H27NO5S/c1-4-15-32-21-13-11-18(16-22(21)30-3)12-14-24(28)27-25-20(26(29)31-5-2)17-23(33-25)19-9-7-6-8-10-19/h6-14,16-17H,4-5,15H2,1-3H3,(H,27,28)/b14-12+. The molecule has 1 aromatic heterocycles. The highest BCUT2D eigenvalue weighted by molar-refractivity contribution is 7.20. The lowest BCUT2D eigenvalue weighted by molar-refractivity contribution is -0.111. The lowest BCUT2D eigenvalue weighted by atomic mass is 10.1. The molecule has 0 unspecified atom stereocenters. The van der Waals surface area contributed by atoms with Gasteiger partial charge < -0.3 is 19.5 Å². The third-order valence-electron chi connectivity index (χ3n) is 4.60. The van der Waals surface area contributed by atoms with Crippen molar-refractivity contribution in [2.24, 2.45) is 0 Å². The summed E-state index contributed by atoms with van der Waals surface area (Å²) in [4.78, 5) is 25.9. The molecule has 33 heavy (non-hydrogen) atoms. The molecule has 172 valence electrons. The van der Waals surface area contributed by atoms with Crippen molar-refractivity contribution >= 4 is 34.3 Å². The fourth-order valence-electron chi connectivity index (χ4n) is 3.03. The second-order valence-electron chi connectivity index (χ2n) is 7.02.